The summed E-state index contributed by atoms with van der Waals surface area (Å²) in [5.41, 5.74) is 3.56. The van der Waals surface area contributed by atoms with Crippen LogP contribution in [-0.4, -0.2) is 9.55 Å². The van der Waals surface area contributed by atoms with E-state index in [1.54, 1.807) is 0 Å². The second-order valence-corrected chi connectivity index (χ2v) is 7.27. The fraction of sp³-hybridized carbons (Fsp3) is 0.458. The Morgan fingerprint density at radius 1 is 0.692 bits per heavy atom. The Morgan fingerprint density at radius 2 is 1.31 bits per heavy atom. The van der Waals surface area contributed by atoms with Crippen molar-refractivity contribution in [2.45, 2.75) is 71.3 Å². The topological polar surface area (TPSA) is 17.8 Å². The van der Waals surface area contributed by atoms with Gasteiger partial charge in [0.2, 0.25) is 0 Å². The lowest BCUT2D eigenvalue weighted by molar-refractivity contribution is 0.544. The zero-order valence-corrected chi connectivity index (χ0v) is 16.2. The van der Waals surface area contributed by atoms with E-state index in [0.717, 1.165) is 17.9 Å². The Hall–Kier alpha value is -2.09. The van der Waals surface area contributed by atoms with Crippen LogP contribution < -0.4 is 0 Å². The van der Waals surface area contributed by atoms with Gasteiger partial charge in [-0.15, -0.1) is 0 Å². The van der Waals surface area contributed by atoms with Gasteiger partial charge in [-0.05, 0) is 18.6 Å². The Balaban J connectivity index is 1.57. The first-order chi connectivity index (χ1) is 12.9. The van der Waals surface area contributed by atoms with Crippen LogP contribution in [0.4, 0.5) is 0 Å². The number of aryl methyl sites for hydroxylation is 1. The summed E-state index contributed by atoms with van der Waals surface area (Å²) in [6.45, 7) is 3.34. The minimum Gasteiger partial charge on any atom is -0.324 e. The normalized spacial score (nSPS) is 11.3. The number of fused-ring (bicyclic) bond motifs is 1. The molecular weight excluding hydrogens is 316 g/mol. The van der Waals surface area contributed by atoms with Gasteiger partial charge in [-0.3, -0.25) is 0 Å². The maximum absolute atomic E-state index is 4.90. The molecule has 3 rings (SSSR count). The Labute approximate surface area is 158 Å². The highest BCUT2D eigenvalue weighted by Gasteiger charge is 2.11. The molecule has 0 saturated heterocycles. The van der Waals surface area contributed by atoms with E-state index in [4.69, 9.17) is 4.98 Å². The molecule has 3 aromatic rings. The average molecular weight is 349 g/mol. The fourth-order valence-corrected chi connectivity index (χ4v) is 3.69. The summed E-state index contributed by atoms with van der Waals surface area (Å²) >= 11 is 0. The molecule has 0 aliphatic carbocycles. The molecule has 0 unspecified atom stereocenters. The second-order valence-electron chi connectivity index (χ2n) is 7.27. The Kier molecular flexibility index (Phi) is 7.30. The van der Waals surface area contributed by atoms with E-state index in [0.29, 0.717) is 0 Å². The van der Waals surface area contributed by atoms with Gasteiger partial charge < -0.3 is 4.57 Å². The van der Waals surface area contributed by atoms with Crippen molar-refractivity contribution < 1.29 is 0 Å². The number of aromatic nitrogens is 2. The van der Waals surface area contributed by atoms with Crippen molar-refractivity contribution in [1.82, 2.24) is 9.55 Å². The first kappa shape index (κ1) is 18.7. The SMILES string of the molecule is CCCCCCCCCCCn1c(-c2ccccc2)nc2ccccc21. The zero-order chi connectivity index (χ0) is 18.0. The summed E-state index contributed by atoms with van der Waals surface area (Å²) in [6.07, 6.45) is 12.3. The van der Waals surface area contributed by atoms with E-state index in [-0.39, 0.29) is 0 Å². The molecule has 2 heteroatoms. The molecule has 0 amide bonds. The molecule has 1 heterocycles. The largest absolute Gasteiger partial charge is 0.324 e. The van der Waals surface area contributed by atoms with Gasteiger partial charge in [-0.2, -0.15) is 0 Å². The van der Waals surface area contributed by atoms with E-state index < -0.39 is 0 Å². The maximum atomic E-state index is 4.90. The lowest BCUT2D eigenvalue weighted by Gasteiger charge is -2.09. The fourth-order valence-electron chi connectivity index (χ4n) is 3.69. The number of para-hydroxylation sites is 2. The van der Waals surface area contributed by atoms with E-state index in [2.05, 4.69) is 66.1 Å². The summed E-state index contributed by atoms with van der Waals surface area (Å²) in [6, 6.07) is 19.1. The molecule has 0 radical (unpaired) electrons. The highest BCUT2D eigenvalue weighted by atomic mass is 15.1. The summed E-state index contributed by atoms with van der Waals surface area (Å²) in [4.78, 5) is 4.90. The number of rotatable bonds is 11. The van der Waals surface area contributed by atoms with Gasteiger partial charge in [0, 0.05) is 12.1 Å². The average Bonchev–Trinajstić information content (AvgIpc) is 3.06. The molecule has 2 aromatic carbocycles. The summed E-state index contributed by atoms with van der Waals surface area (Å²) in [7, 11) is 0. The first-order valence-corrected chi connectivity index (χ1v) is 10.4. The number of imidazole rings is 1. The van der Waals surface area contributed by atoms with Crippen molar-refractivity contribution in [1.29, 1.82) is 0 Å². The standard InChI is InChI=1S/C24H32N2/c1-2-3-4-5-6-7-8-9-15-20-26-23-19-14-13-18-22(23)25-24(26)21-16-11-10-12-17-21/h10-14,16-19H,2-9,15,20H2,1H3. The summed E-state index contributed by atoms with van der Waals surface area (Å²) in [5, 5.41) is 0. The van der Waals surface area contributed by atoms with Gasteiger partial charge in [0.25, 0.3) is 0 Å². The molecular formula is C24H32N2. The molecule has 0 N–H and O–H groups in total. The van der Waals surface area contributed by atoms with Gasteiger partial charge in [-0.25, -0.2) is 4.98 Å². The number of nitrogens with zero attached hydrogens (tertiary/aromatic N) is 2. The Bertz CT molecular complexity index is 773. The summed E-state index contributed by atoms with van der Waals surface area (Å²) in [5.74, 6) is 1.10. The minimum atomic E-state index is 1.06. The number of unbranched alkanes of at least 4 members (excludes halogenated alkanes) is 8. The smallest absolute Gasteiger partial charge is 0.141 e. The lowest BCUT2D eigenvalue weighted by atomic mass is 10.1. The predicted molar refractivity (Wildman–Crippen MR) is 112 cm³/mol. The Morgan fingerprint density at radius 3 is 2.04 bits per heavy atom. The molecule has 0 spiro atoms. The van der Waals surface area contributed by atoms with Crippen LogP contribution in [0.1, 0.15) is 64.7 Å². The third-order valence-electron chi connectivity index (χ3n) is 5.17. The van der Waals surface area contributed by atoms with Crippen molar-refractivity contribution >= 4 is 11.0 Å². The van der Waals surface area contributed by atoms with Crippen molar-refractivity contribution in [3.63, 3.8) is 0 Å². The number of hydrogen-bond acceptors (Lipinski definition) is 1. The molecule has 0 atom stereocenters. The van der Waals surface area contributed by atoms with Gasteiger partial charge >= 0.3 is 0 Å². The van der Waals surface area contributed by atoms with Crippen LogP contribution in [0.3, 0.4) is 0 Å². The van der Waals surface area contributed by atoms with Crippen LogP contribution in [0.15, 0.2) is 54.6 Å². The van der Waals surface area contributed by atoms with Crippen molar-refractivity contribution in [3.8, 4) is 11.4 Å². The van der Waals surface area contributed by atoms with Crippen LogP contribution in [0.2, 0.25) is 0 Å². The summed E-state index contributed by atoms with van der Waals surface area (Å²) < 4.78 is 2.41. The highest BCUT2D eigenvalue weighted by molar-refractivity contribution is 5.80. The first-order valence-electron chi connectivity index (χ1n) is 10.4. The van der Waals surface area contributed by atoms with E-state index in [9.17, 15) is 0 Å². The number of benzene rings is 2. The predicted octanol–water partition coefficient (Wildman–Crippen LogP) is 7.23. The molecule has 26 heavy (non-hydrogen) atoms. The van der Waals surface area contributed by atoms with Crippen LogP contribution in [-0.2, 0) is 6.54 Å². The van der Waals surface area contributed by atoms with E-state index >= 15 is 0 Å². The van der Waals surface area contributed by atoms with Gasteiger partial charge in [0.05, 0.1) is 11.0 Å². The molecule has 0 bridgehead atoms. The molecule has 2 nitrogen and oxygen atoms in total. The monoisotopic (exact) mass is 348 g/mol. The van der Waals surface area contributed by atoms with Crippen LogP contribution in [0.5, 0.6) is 0 Å². The molecule has 0 aliphatic rings. The molecule has 0 saturated carbocycles. The number of hydrogen-bond donors (Lipinski definition) is 0. The molecule has 0 fully saturated rings. The van der Waals surface area contributed by atoms with E-state index in [1.807, 2.05) is 0 Å². The van der Waals surface area contributed by atoms with Gasteiger partial charge in [0.15, 0.2) is 0 Å². The van der Waals surface area contributed by atoms with Crippen molar-refractivity contribution in [2.24, 2.45) is 0 Å². The third-order valence-corrected chi connectivity index (χ3v) is 5.17. The molecule has 0 aliphatic heterocycles. The lowest BCUT2D eigenvalue weighted by Crippen LogP contribution is -2.01. The van der Waals surface area contributed by atoms with Crippen LogP contribution in [0, 0.1) is 0 Å². The van der Waals surface area contributed by atoms with E-state index in [1.165, 1.54) is 68.9 Å². The third kappa shape index (κ3) is 4.97. The van der Waals surface area contributed by atoms with Gasteiger partial charge in [0.1, 0.15) is 5.82 Å². The maximum Gasteiger partial charge on any atom is 0.141 e. The van der Waals surface area contributed by atoms with Gasteiger partial charge in [-0.1, -0.05) is 101 Å². The highest BCUT2D eigenvalue weighted by Crippen LogP contribution is 2.25. The van der Waals surface area contributed by atoms with Crippen molar-refractivity contribution in [2.75, 3.05) is 0 Å². The quantitative estimate of drug-likeness (QED) is 0.334. The van der Waals surface area contributed by atoms with Crippen LogP contribution in [0.25, 0.3) is 22.4 Å². The van der Waals surface area contributed by atoms with Crippen LogP contribution >= 0.6 is 0 Å². The molecule has 1 aromatic heterocycles. The molecule has 138 valence electrons. The minimum absolute atomic E-state index is 1.06. The second kappa shape index (κ2) is 10.2. The zero-order valence-electron chi connectivity index (χ0n) is 16.2. The van der Waals surface area contributed by atoms with Crippen molar-refractivity contribution in [3.05, 3.63) is 54.6 Å².